The number of hydrogen-bond donors (Lipinski definition) is 2. The van der Waals surface area contributed by atoms with Crippen LogP contribution in [0.25, 0.3) is 0 Å². The number of carboxylic acid groups (broad SMARTS) is 1. The second-order valence-electron chi connectivity index (χ2n) is 4.94. The molecule has 1 amide bonds. The lowest BCUT2D eigenvalue weighted by Gasteiger charge is -2.29. The topological polar surface area (TPSA) is 75.6 Å². The second-order valence-corrected chi connectivity index (χ2v) is 4.94. The van der Waals surface area contributed by atoms with Gasteiger partial charge < -0.3 is 15.2 Å². The highest BCUT2D eigenvalue weighted by Crippen LogP contribution is 2.30. The zero-order valence-corrected chi connectivity index (χ0v) is 9.91. The number of nitrogens with one attached hydrogen (secondary N) is 1. The first-order valence-corrected chi connectivity index (χ1v) is 6.31. The first-order valence-electron chi connectivity index (χ1n) is 6.31. The number of carboxylic acids is 1. The van der Waals surface area contributed by atoms with Crippen LogP contribution in [0.4, 0.5) is 0 Å². The molecule has 5 nitrogen and oxygen atoms in total. The lowest BCUT2D eigenvalue weighted by atomic mass is 9.96. The Hall–Kier alpha value is -1.10. The van der Waals surface area contributed by atoms with E-state index in [0.29, 0.717) is 25.9 Å². The fraction of sp³-hybridized carbons (Fsp3) is 0.833. The van der Waals surface area contributed by atoms with E-state index in [1.807, 2.05) is 0 Å². The third-order valence-corrected chi connectivity index (χ3v) is 3.70. The quantitative estimate of drug-likeness (QED) is 0.775. The Morgan fingerprint density at radius 1 is 1.18 bits per heavy atom. The summed E-state index contributed by atoms with van der Waals surface area (Å²) in [5.41, 5.74) is -1.04. The molecule has 17 heavy (non-hydrogen) atoms. The smallest absolute Gasteiger partial charge is 0.329 e. The predicted octanol–water partition coefficient (Wildman–Crippen LogP) is 1.07. The van der Waals surface area contributed by atoms with Crippen LogP contribution in [0.2, 0.25) is 0 Å². The normalized spacial score (nSPS) is 27.6. The third kappa shape index (κ3) is 2.60. The average molecular weight is 241 g/mol. The molecular formula is C12H19NO4. The van der Waals surface area contributed by atoms with Gasteiger partial charge in [0.25, 0.3) is 0 Å². The Bertz CT molecular complexity index is 304. The van der Waals surface area contributed by atoms with Gasteiger partial charge in [0.05, 0.1) is 0 Å². The number of amides is 1. The molecule has 5 heteroatoms. The van der Waals surface area contributed by atoms with E-state index in [4.69, 9.17) is 4.74 Å². The van der Waals surface area contributed by atoms with Gasteiger partial charge in [-0.2, -0.15) is 0 Å². The summed E-state index contributed by atoms with van der Waals surface area (Å²) in [6.45, 7) is 0.595. The minimum Gasteiger partial charge on any atom is -0.480 e. The minimum atomic E-state index is -1.04. The molecule has 2 rings (SSSR count). The summed E-state index contributed by atoms with van der Waals surface area (Å²) in [5.74, 6) is -1.17. The Morgan fingerprint density at radius 3 is 2.41 bits per heavy atom. The van der Waals surface area contributed by atoms with Gasteiger partial charge in [0.2, 0.25) is 5.91 Å². The van der Waals surface area contributed by atoms with E-state index in [1.54, 1.807) is 0 Å². The van der Waals surface area contributed by atoms with Crippen LogP contribution in [-0.2, 0) is 14.3 Å². The Kier molecular flexibility index (Phi) is 3.66. The van der Waals surface area contributed by atoms with Crippen molar-refractivity contribution >= 4 is 11.9 Å². The maximum absolute atomic E-state index is 12.0. The second kappa shape index (κ2) is 5.04. The van der Waals surface area contributed by atoms with Crippen LogP contribution in [-0.4, -0.2) is 35.2 Å². The molecular weight excluding hydrogens is 222 g/mol. The highest BCUT2D eigenvalue weighted by Gasteiger charge is 2.43. The average Bonchev–Trinajstić information content (AvgIpc) is 2.80. The van der Waals surface area contributed by atoms with Crippen molar-refractivity contribution in [2.45, 2.75) is 56.6 Å². The molecule has 96 valence electrons. The maximum Gasteiger partial charge on any atom is 0.329 e. The van der Waals surface area contributed by atoms with Crippen molar-refractivity contribution in [2.24, 2.45) is 0 Å². The summed E-state index contributed by atoms with van der Waals surface area (Å²) in [5, 5.41) is 12.0. The van der Waals surface area contributed by atoms with Gasteiger partial charge in [-0.25, -0.2) is 4.79 Å². The molecule has 0 aromatic heterocycles. The predicted molar refractivity (Wildman–Crippen MR) is 60.6 cm³/mol. The van der Waals surface area contributed by atoms with Gasteiger partial charge in [-0.05, 0) is 32.1 Å². The summed E-state index contributed by atoms with van der Waals surface area (Å²) < 4.78 is 5.37. The van der Waals surface area contributed by atoms with Crippen molar-refractivity contribution in [3.8, 4) is 0 Å². The zero-order chi connectivity index (χ0) is 12.3. The van der Waals surface area contributed by atoms with E-state index in [-0.39, 0.29) is 5.91 Å². The number of carbonyl (C=O) groups is 2. The molecule has 0 radical (unpaired) electrons. The van der Waals surface area contributed by atoms with Gasteiger partial charge in [-0.1, -0.05) is 12.8 Å². The van der Waals surface area contributed by atoms with Gasteiger partial charge in [0.1, 0.15) is 11.6 Å². The van der Waals surface area contributed by atoms with E-state index in [1.165, 1.54) is 0 Å². The Labute approximate surface area is 101 Å². The van der Waals surface area contributed by atoms with Gasteiger partial charge in [-0.15, -0.1) is 0 Å². The van der Waals surface area contributed by atoms with Crippen LogP contribution in [0.3, 0.4) is 0 Å². The van der Waals surface area contributed by atoms with E-state index in [9.17, 15) is 14.7 Å². The largest absolute Gasteiger partial charge is 0.480 e. The Morgan fingerprint density at radius 2 is 1.88 bits per heavy atom. The van der Waals surface area contributed by atoms with Crippen LogP contribution in [0.15, 0.2) is 0 Å². The molecule has 1 saturated heterocycles. The van der Waals surface area contributed by atoms with Crippen molar-refractivity contribution in [1.82, 2.24) is 5.32 Å². The fourth-order valence-electron chi connectivity index (χ4n) is 2.63. The van der Waals surface area contributed by atoms with Crippen LogP contribution in [0, 0.1) is 0 Å². The standard InChI is InChI=1S/C12H19NO4/c14-10(9-5-1-4-8-17-9)13-12(11(15)16)6-2-3-7-12/h9H,1-8H2,(H,13,14)(H,15,16)/t9-/m1/s1. The van der Waals surface area contributed by atoms with Gasteiger partial charge >= 0.3 is 5.97 Å². The summed E-state index contributed by atoms with van der Waals surface area (Å²) in [6.07, 6.45) is 4.96. The van der Waals surface area contributed by atoms with E-state index in [2.05, 4.69) is 5.32 Å². The lowest BCUT2D eigenvalue weighted by molar-refractivity contribution is -0.150. The Balaban J connectivity index is 1.98. The SMILES string of the molecule is O=C(NC1(C(=O)O)CCCC1)[C@H]1CCCCO1. The van der Waals surface area contributed by atoms with Crippen molar-refractivity contribution in [3.05, 3.63) is 0 Å². The van der Waals surface area contributed by atoms with Crippen LogP contribution >= 0.6 is 0 Å². The van der Waals surface area contributed by atoms with Crippen LogP contribution in [0.5, 0.6) is 0 Å². The molecule has 1 saturated carbocycles. The van der Waals surface area contributed by atoms with E-state index >= 15 is 0 Å². The van der Waals surface area contributed by atoms with Crippen LogP contribution < -0.4 is 5.32 Å². The minimum absolute atomic E-state index is 0.256. The molecule has 2 aliphatic rings. The van der Waals surface area contributed by atoms with Gasteiger partial charge in [-0.3, -0.25) is 4.79 Å². The molecule has 0 bridgehead atoms. The monoisotopic (exact) mass is 241 g/mol. The molecule has 0 spiro atoms. The van der Waals surface area contributed by atoms with Crippen molar-refractivity contribution in [2.75, 3.05) is 6.61 Å². The number of hydrogen-bond acceptors (Lipinski definition) is 3. The highest BCUT2D eigenvalue weighted by atomic mass is 16.5. The number of rotatable bonds is 3. The lowest BCUT2D eigenvalue weighted by Crippen LogP contribution is -2.55. The molecule has 1 aliphatic carbocycles. The van der Waals surface area contributed by atoms with Gasteiger partial charge in [0, 0.05) is 6.61 Å². The van der Waals surface area contributed by atoms with E-state index in [0.717, 1.165) is 25.7 Å². The first-order chi connectivity index (χ1) is 8.14. The zero-order valence-electron chi connectivity index (χ0n) is 9.91. The van der Waals surface area contributed by atoms with Crippen LogP contribution in [0.1, 0.15) is 44.9 Å². The summed E-state index contributed by atoms with van der Waals surface area (Å²) in [7, 11) is 0. The van der Waals surface area contributed by atoms with Gasteiger partial charge in [0.15, 0.2) is 0 Å². The summed E-state index contributed by atoms with van der Waals surface area (Å²) >= 11 is 0. The van der Waals surface area contributed by atoms with Crippen molar-refractivity contribution in [1.29, 1.82) is 0 Å². The molecule has 2 N–H and O–H groups in total. The summed E-state index contributed by atoms with van der Waals surface area (Å²) in [4.78, 5) is 23.3. The molecule has 1 atom stereocenters. The summed E-state index contributed by atoms with van der Waals surface area (Å²) in [6, 6.07) is 0. The molecule has 0 unspecified atom stereocenters. The van der Waals surface area contributed by atoms with Crippen molar-refractivity contribution in [3.63, 3.8) is 0 Å². The molecule has 0 aromatic carbocycles. The van der Waals surface area contributed by atoms with E-state index < -0.39 is 17.6 Å². The molecule has 1 aliphatic heterocycles. The molecule has 2 fully saturated rings. The first kappa shape index (κ1) is 12.4. The number of carbonyl (C=O) groups excluding carboxylic acids is 1. The molecule has 0 aromatic rings. The highest BCUT2D eigenvalue weighted by molar-refractivity contribution is 5.89. The van der Waals surface area contributed by atoms with Crippen molar-refractivity contribution < 1.29 is 19.4 Å². The number of ether oxygens (including phenoxy) is 1. The fourth-order valence-corrected chi connectivity index (χ4v) is 2.63. The number of aliphatic carboxylic acids is 1. The third-order valence-electron chi connectivity index (χ3n) is 3.70. The maximum atomic E-state index is 12.0. The molecule has 1 heterocycles.